The first-order chi connectivity index (χ1) is 9.60. The van der Waals surface area contributed by atoms with Gasteiger partial charge in [-0.1, -0.05) is 24.3 Å². The van der Waals surface area contributed by atoms with E-state index in [-0.39, 0.29) is 12.5 Å². The van der Waals surface area contributed by atoms with E-state index in [4.69, 9.17) is 11.5 Å². The molecule has 0 spiro atoms. The van der Waals surface area contributed by atoms with Crippen LogP contribution in [0.3, 0.4) is 0 Å². The number of carboxylic acid groups (broad SMARTS) is 1. The molecule has 1 atom stereocenters. The largest absolute Gasteiger partial charge is 0.480 e. The second kappa shape index (κ2) is 6.11. The predicted molar refractivity (Wildman–Crippen MR) is 74.2 cm³/mol. The molecule has 1 unspecified atom stereocenters. The lowest BCUT2D eigenvalue weighted by Crippen LogP contribution is -2.49. The maximum atomic E-state index is 11.8. The Balaban J connectivity index is 1.88. The van der Waals surface area contributed by atoms with E-state index in [0.717, 1.165) is 12.8 Å². The first kappa shape index (κ1) is 13.9. The third-order valence-electron chi connectivity index (χ3n) is 3.31. The zero-order valence-corrected chi connectivity index (χ0v) is 10.9. The van der Waals surface area contributed by atoms with Crippen LogP contribution in [0, 0.1) is 12.3 Å². The first-order valence-electron chi connectivity index (χ1n) is 6.40. The quantitative estimate of drug-likeness (QED) is 0.713. The van der Waals surface area contributed by atoms with Crippen molar-refractivity contribution in [3.05, 3.63) is 35.4 Å². The van der Waals surface area contributed by atoms with E-state index in [1.54, 1.807) is 0 Å². The van der Waals surface area contributed by atoms with Crippen LogP contribution in [-0.4, -0.2) is 29.2 Å². The highest BCUT2D eigenvalue weighted by Crippen LogP contribution is 2.21. The molecular weight excluding hydrogens is 256 g/mol. The zero-order chi connectivity index (χ0) is 14.5. The minimum atomic E-state index is -1.13. The summed E-state index contributed by atoms with van der Waals surface area (Å²) >= 11 is 0. The lowest BCUT2D eigenvalue weighted by molar-refractivity contribution is -0.139. The van der Waals surface area contributed by atoms with E-state index in [9.17, 15) is 9.59 Å². The molecular formula is C15H16N2O3. The van der Waals surface area contributed by atoms with Gasteiger partial charge in [-0.2, -0.15) is 0 Å². The van der Waals surface area contributed by atoms with Gasteiger partial charge in [0.15, 0.2) is 0 Å². The molecule has 1 aliphatic rings. The molecule has 2 amide bonds. The lowest BCUT2D eigenvalue weighted by Gasteiger charge is -2.16. The molecule has 0 bridgehead atoms. The van der Waals surface area contributed by atoms with Gasteiger partial charge >= 0.3 is 12.0 Å². The number of urea groups is 1. The smallest absolute Gasteiger partial charge is 0.327 e. The van der Waals surface area contributed by atoms with Crippen molar-refractivity contribution in [1.29, 1.82) is 0 Å². The number of rotatable bonds is 4. The highest BCUT2D eigenvalue weighted by atomic mass is 16.4. The summed E-state index contributed by atoms with van der Waals surface area (Å²) in [5.41, 5.74) is 2.44. The Kier molecular flexibility index (Phi) is 4.26. The Hall–Kier alpha value is -2.48. The minimum absolute atomic E-state index is 0.00678. The van der Waals surface area contributed by atoms with E-state index in [1.807, 2.05) is 24.3 Å². The van der Waals surface area contributed by atoms with Crippen molar-refractivity contribution in [2.24, 2.45) is 0 Å². The number of carboxylic acids is 1. The summed E-state index contributed by atoms with van der Waals surface area (Å²) in [6.07, 6.45) is 6.57. The fourth-order valence-corrected chi connectivity index (χ4v) is 2.36. The van der Waals surface area contributed by atoms with E-state index in [1.165, 1.54) is 11.1 Å². The van der Waals surface area contributed by atoms with Gasteiger partial charge < -0.3 is 15.7 Å². The van der Waals surface area contributed by atoms with Crippen molar-refractivity contribution in [2.45, 2.75) is 31.3 Å². The minimum Gasteiger partial charge on any atom is -0.480 e. The van der Waals surface area contributed by atoms with Crippen LogP contribution >= 0.6 is 0 Å². The molecule has 0 saturated carbocycles. The summed E-state index contributed by atoms with van der Waals surface area (Å²) in [6.45, 7) is 0. The summed E-state index contributed by atoms with van der Waals surface area (Å²) in [7, 11) is 0. The van der Waals surface area contributed by atoms with Gasteiger partial charge in [0.2, 0.25) is 0 Å². The Morgan fingerprint density at radius 1 is 1.35 bits per heavy atom. The van der Waals surface area contributed by atoms with Gasteiger partial charge in [-0.3, -0.25) is 0 Å². The zero-order valence-electron chi connectivity index (χ0n) is 10.9. The number of aliphatic carboxylic acids is 1. The van der Waals surface area contributed by atoms with Gasteiger partial charge in [-0.25, -0.2) is 9.59 Å². The van der Waals surface area contributed by atoms with Crippen LogP contribution in [0.4, 0.5) is 4.79 Å². The fraction of sp³-hybridized carbons (Fsp3) is 0.333. The number of hydrogen-bond acceptors (Lipinski definition) is 2. The fourth-order valence-electron chi connectivity index (χ4n) is 2.36. The summed E-state index contributed by atoms with van der Waals surface area (Å²) in [6, 6.07) is 6.45. The average Bonchev–Trinajstić information content (AvgIpc) is 2.79. The van der Waals surface area contributed by atoms with Crippen molar-refractivity contribution in [3.8, 4) is 12.3 Å². The molecule has 0 saturated heterocycles. The average molecular weight is 272 g/mol. The number of fused-ring (bicyclic) bond motifs is 1. The molecule has 3 N–H and O–H groups in total. The second-order valence-corrected chi connectivity index (χ2v) is 4.79. The Labute approximate surface area is 117 Å². The van der Waals surface area contributed by atoms with Crippen molar-refractivity contribution < 1.29 is 14.7 Å². The van der Waals surface area contributed by atoms with Gasteiger partial charge in [0.05, 0.1) is 0 Å². The number of nitrogens with one attached hydrogen (secondary N) is 2. The molecule has 5 heteroatoms. The topological polar surface area (TPSA) is 78.4 Å². The maximum Gasteiger partial charge on any atom is 0.327 e. The van der Waals surface area contributed by atoms with Gasteiger partial charge in [0, 0.05) is 12.5 Å². The van der Waals surface area contributed by atoms with Crippen molar-refractivity contribution in [1.82, 2.24) is 10.6 Å². The van der Waals surface area contributed by atoms with Crippen LogP contribution in [0.1, 0.15) is 17.5 Å². The summed E-state index contributed by atoms with van der Waals surface area (Å²) in [4.78, 5) is 22.7. The standard InChI is InChI=1S/C15H16N2O3/c1-2-5-13(14(18)19)17-15(20)16-12-8-10-6-3-4-7-11(10)9-12/h1,3-4,6-7,12-13H,5,8-9H2,(H,18,19)(H2,16,17,20). The SMILES string of the molecule is C#CCC(NC(=O)NC1Cc2ccccc2C1)C(=O)O. The number of carbonyl (C=O) groups excluding carboxylic acids is 1. The Morgan fingerprint density at radius 2 is 1.95 bits per heavy atom. The van der Waals surface area contributed by atoms with E-state index in [0.29, 0.717) is 0 Å². The van der Waals surface area contributed by atoms with E-state index < -0.39 is 18.0 Å². The Morgan fingerprint density at radius 3 is 2.45 bits per heavy atom. The van der Waals surface area contributed by atoms with Crippen molar-refractivity contribution >= 4 is 12.0 Å². The number of carbonyl (C=O) groups is 2. The van der Waals surface area contributed by atoms with E-state index >= 15 is 0 Å². The second-order valence-electron chi connectivity index (χ2n) is 4.79. The molecule has 20 heavy (non-hydrogen) atoms. The molecule has 0 aromatic heterocycles. The summed E-state index contributed by atoms with van der Waals surface area (Å²) < 4.78 is 0. The van der Waals surface area contributed by atoms with Gasteiger partial charge in [-0.05, 0) is 24.0 Å². The van der Waals surface area contributed by atoms with Crippen LogP contribution in [-0.2, 0) is 17.6 Å². The Bertz CT molecular complexity index is 537. The maximum absolute atomic E-state index is 11.8. The molecule has 2 rings (SSSR count). The monoisotopic (exact) mass is 272 g/mol. The van der Waals surface area contributed by atoms with Gasteiger partial charge in [-0.15, -0.1) is 12.3 Å². The van der Waals surface area contributed by atoms with Crippen LogP contribution < -0.4 is 10.6 Å². The third-order valence-corrected chi connectivity index (χ3v) is 3.31. The number of amides is 2. The highest BCUT2D eigenvalue weighted by Gasteiger charge is 2.24. The van der Waals surface area contributed by atoms with Crippen molar-refractivity contribution in [3.63, 3.8) is 0 Å². The molecule has 0 heterocycles. The molecule has 1 aromatic carbocycles. The number of benzene rings is 1. The first-order valence-corrected chi connectivity index (χ1v) is 6.40. The summed E-state index contributed by atoms with van der Waals surface area (Å²) in [5, 5.41) is 14.1. The van der Waals surface area contributed by atoms with Gasteiger partial charge in [0.25, 0.3) is 0 Å². The molecule has 5 nitrogen and oxygen atoms in total. The van der Waals surface area contributed by atoms with E-state index in [2.05, 4.69) is 16.6 Å². The lowest BCUT2D eigenvalue weighted by atomic mass is 10.1. The summed E-state index contributed by atoms with van der Waals surface area (Å²) in [5.74, 6) is 1.11. The van der Waals surface area contributed by atoms with Crippen LogP contribution in [0.15, 0.2) is 24.3 Å². The van der Waals surface area contributed by atoms with Crippen LogP contribution in [0.25, 0.3) is 0 Å². The molecule has 1 aromatic rings. The molecule has 0 fully saturated rings. The third kappa shape index (κ3) is 3.29. The van der Waals surface area contributed by atoms with Crippen LogP contribution in [0.5, 0.6) is 0 Å². The predicted octanol–water partition coefficient (Wildman–Crippen LogP) is 0.929. The van der Waals surface area contributed by atoms with Crippen molar-refractivity contribution in [2.75, 3.05) is 0 Å². The number of hydrogen-bond donors (Lipinski definition) is 3. The molecule has 0 radical (unpaired) electrons. The highest BCUT2D eigenvalue weighted by molar-refractivity contribution is 5.83. The molecule has 1 aliphatic carbocycles. The van der Waals surface area contributed by atoms with Gasteiger partial charge in [0.1, 0.15) is 6.04 Å². The number of terminal acetylenes is 1. The molecule has 0 aliphatic heterocycles. The molecule has 104 valence electrons. The van der Waals surface area contributed by atoms with Crippen LogP contribution in [0.2, 0.25) is 0 Å². The normalized spacial score (nSPS) is 14.9.